The van der Waals surface area contributed by atoms with E-state index in [9.17, 15) is 4.79 Å². The van der Waals surface area contributed by atoms with E-state index in [-0.39, 0.29) is 0 Å². The minimum atomic E-state index is -0.433. The van der Waals surface area contributed by atoms with Crippen LogP contribution in [0.3, 0.4) is 0 Å². The average Bonchev–Trinajstić information content (AvgIpc) is 2.92. The van der Waals surface area contributed by atoms with Gasteiger partial charge in [-0.3, -0.25) is 4.79 Å². The summed E-state index contributed by atoms with van der Waals surface area (Å²) >= 11 is 1.32. The van der Waals surface area contributed by atoms with E-state index in [1.807, 2.05) is 48.6 Å². The van der Waals surface area contributed by atoms with E-state index in [1.54, 1.807) is 13.3 Å². The maximum absolute atomic E-state index is 11.6. The number of nitrogens with zero attached hydrogens (tertiary/aromatic N) is 1. The van der Waals surface area contributed by atoms with Crippen molar-refractivity contribution in [3.8, 4) is 5.75 Å². The van der Waals surface area contributed by atoms with Crippen molar-refractivity contribution >= 4 is 39.6 Å². The largest absolute Gasteiger partial charge is 0.497 e. The Morgan fingerprint density at radius 2 is 2.00 bits per heavy atom. The molecule has 1 aromatic carbocycles. The van der Waals surface area contributed by atoms with Crippen LogP contribution < -0.4 is 10.5 Å². The number of pyridine rings is 1. The van der Waals surface area contributed by atoms with Crippen molar-refractivity contribution < 1.29 is 9.53 Å². The summed E-state index contributed by atoms with van der Waals surface area (Å²) in [6.45, 7) is 0. The lowest BCUT2D eigenvalue weighted by atomic mass is 10.1. The van der Waals surface area contributed by atoms with Crippen LogP contribution in [-0.2, 0) is 0 Å². The highest BCUT2D eigenvalue weighted by Gasteiger charge is 2.14. The molecule has 22 heavy (non-hydrogen) atoms. The Hall–Kier alpha value is -2.66. The Kier molecular flexibility index (Phi) is 3.89. The number of hydrogen-bond acceptors (Lipinski definition) is 4. The molecule has 3 aromatic rings. The number of hydrogen-bond donors (Lipinski definition) is 1. The summed E-state index contributed by atoms with van der Waals surface area (Å²) in [4.78, 5) is 17.3. The van der Waals surface area contributed by atoms with Crippen LogP contribution in [0.2, 0.25) is 0 Å². The van der Waals surface area contributed by atoms with E-state index in [4.69, 9.17) is 10.5 Å². The van der Waals surface area contributed by atoms with Crippen LogP contribution in [0.1, 0.15) is 20.8 Å². The second-order valence-corrected chi connectivity index (χ2v) is 5.67. The summed E-state index contributed by atoms with van der Waals surface area (Å²) in [5.41, 5.74) is 7.31. The van der Waals surface area contributed by atoms with E-state index < -0.39 is 5.91 Å². The van der Waals surface area contributed by atoms with Gasteiger partial charge in [-0.1, -0.05) is 24.3 Å². The summed E-state index contributed by atoms with van der Waals surface area (Å²) in [6, 6.07) is 11.5. The lowest BCUT2D eigenvalue weighted by Crippen LogP contribution is -2.09. The topological polar surface area (TPSA) is 65.2 Å². The van der Waals surface area contributed by atoms with Crippen LogP contribution in [0.15, 0.2) is 42.6 Å². The lowest BCUT2D eigenvalue weighted by molar-refractivity contribution is 0.100. The van der Waals surface area contributed by atoms with Crippen LogP contribution >= 0.6 is 11.3 Å². The molecule has 0 spiro atoms. The van der Waals surface area contributed by atoms with E-state index in [0.717, 1.165) is 27.1 Å². The third-order valence-corrected chi connectivity index (χ3v) is 4.43. The average molecular weight is 310 g/mol. The number of amides is 1. The number of carbonyl (C=O) groups excluding carboxylic acids is 1. The second kappa shape index (κ2) is 5.99. The number of aromatic nitrogens is 1. The van der Waals surface area contributed by atoms with E-state index in [1.165, 1.54) is 11.3 Å². The van der Waals surface area contributed by atoms with Crippen LogP contribution in [-0.4, -0.2) is 18.0 Å². The van der Waals surface area contributed by atoms with Crippen molar-refractivity contribution in [1.29, 1.82) is 0 Å². The van der Waals surface area contributed by atoms with Crippen molar-refractivity contribution in [2.75, 3.05) is 7.11 Å². The van der Waals surface area contributed by atoms with Gasteiger partial charge in [-0.25, -0.2) is 4.98 Å². The summed E-state index contributed by atoms with van der Waals surface area (Å²) in [6.07, 6.45) is 5.56. The summed E-state index contributed by atoms with van der Waals surface area (Å²) in [7, 11) is 1.63. The van der Waals surface area contributed by atoms with Gasteiger partial charge < -0.3 is 10.5 Å². The number of fused-ring (bicyclic) bond motifs is 1. The zero-order chi connectivity index (χ0) is 15.5. The molecule has 0 saturated carbocycles. The van der Waals surface area contributed by atoms with Gasteiger partial charge in [0.1, 0.15) is 15.5 Å². The molecule has 5 heteroatoms. The molecular weight excluding hydrogens is 296 g/mol. The molecule has 110 valence electrons. The van der Waals surface area contributed by atoms with Gasteiger partial charge in [0.05, 0.1) is 7.11 Å². The molecule has 0 aliphatic rings. The SMILES string of the molecule is COc1ccc(/C=C/c2c(C(N)=O)sc3ncccc23)cc1. The highest BCUT2D eigenvalue weighted by Crippen LogP contribution is 2.31. The van der Waals surface area contributed by atoms with Gasteiger partial charge in [0.25, 0.3) is 5.91 Å². The van der Waals surface area contributed by atoms with E-state index in [2.05, 4.69) is 4.98 Å². The Labute approximate surface area is 131 Å². The Balaban J connectivity index is 2.03. The first-order valence-corrected chi connectivity index (χ1v) is 7.50. The molecule has 2 aromatic heterocycles. The molecule has 2 heterocycles. The van der Waals surface area contributed by atoms with Crippen molar-refractivity contribution in [3.05, 3.63) is 58.6 Å². The van der Waals surface area contributed by atoms with Gasteiger partial charge in [0.15, 0.2) is 0 Å². The number of nitrogens with two attached hydrogens (primary N) is 1. The predicted molar refractivity (Wildman–Crippen MR) is 90.1 cm³/mol. The summed E-state index contributed by atoms with van der Waals surface area (Å²) < 4.78 is 5.14. The fourth-order valence-corrected chi connectivity index (χ4v) is 3.18. The molecule has 1 amide bonds. The first-order chi connectivity index (χ1) is 10.7. The van der Waals surface area contributed by atoms with Gasteiger partial charge >= 0.3 is 0 Å². The third-order valence-electron chi connectivity index (χ3n) is 3.29. The molecule has 0 atom stereocenters. The third kappa shape index (κ3) is 2.71. The molecule has 0 radical (unpaired) electrons. The molecule has 0 bridgehead atoms. The van der Waals surface area contributed by atoms with Gasteiger partial charge in [-0.2, -0.15) is 0 Å². The maximum atomic E-state index is 11.6. The first kappa shape index (κ1) is 14.3. The van der Waals surface area contributed by atoms with Crippen LogP contribution in [0.4, 0.5) is 0 Å². The van der Waals surface area contributed by atoms with Gasteiger partial charge in [-0.05, 0) is 29.8 Å². The fourth-order valence-electron chi connectivity index (χ4n) is 2.19. The van der Waals surface area contributed by atoms with Gasteiger partial charge in [0.2, 0.25) is 0 Å². The number of primary amides is 1. The van der Waals surface area contributed by atoms with Crippen LogP contribution in [0.25, 0.3) is 22.4 Å². The molecule has 3 rings (SSSR count). The quantitative estimate of drug-likeness (QED) is 0.801. The van der Waals surface area contributed by atoms with Crippen molar-refractivity contribution in [3.63, 3.8) is 0 Å². The molecular formula is C17H14N2O2S. The highest BCUT2D eigenvalue weighted by molar-refractivity contribution is 7.20. The molecule has 2 N–H and O–H groups in total. The molecule has 0 aliphatic carbocycles. The predicted octanol–water partition coefficient (Wildman–Crippen LogP) is 3.57. The number of carbonyl (C=O) groups is 1. The van der Waals surface area contributed by atoms with Gasteiger partial charge in [0, 0.05) is 17.1 Å². The van der Waals surface area contributed by atoms with Crippen molar-refractivity contribution in [2.24, 2.45) is 5.73 Å². The minimum absolute atomic E-state index is 0.433. The van der Waals surface area contributed by atoms with E-state index >= 15 is 0 Å². The smallest absolute Gasteiger partial charge is 0.259 e. The molecule has 4 nitrogen and oxygen atoms in total. The zero-order valence-electron chi connectivity index (χ0n) is 11.9. The number of thiophene rings is 1. The zero-order valence-corrected chi connectivity index (χ0v) is 12.8. The number of rotatable bonds is 4. The summed E-state index contributed by atoms with van der Waals surface area (Å²) in [5.74, 6) is 0.373. The Morgan fingerprint density at radius 1 is 1.23 bits per heavy atom. The number of ether oxygens (including phenoxy) is 1. The van der Waals surface area contributed by atoms with Crippen molar-refractivity contribution in [2.45, 2.75) is 0 Å². The molecule has 0 saturated heterocycles. The Bertz CT molecular complexity index is 851. The van der Waals surface area contributed by atoms with Crippen LogP contribution in [0, 0.1) is 0 Å². The van der Waals surface area contributed by atoms with Gasteiger partial charge in [-0.15, -0.1) is 11.3 Å². The molecule has 0 unspecified atom stereocenters. The standard InChI is InChI=1S/C17H14N2O2S/c1-21-12-7-4-11(5-8-12)6-9-13-14-3-2-10-19-17(14)22-15(13)16(18)20/h2-10H,1H3,(H2,18,20)/b9-6+. The summed E-state index contributed by atoms with van der Waals surface area (Å²) in [5, 5.41) is 0.936. The fraction of sp³-hybridized carbons (Fsp3) is 0.0588. The molecule has 0 aliphatic heterocycles. The normalized spacial score (nSPS) is 11.1. The lowest BCUT2D eigenvalue weighted by Gasteiger charge is -1.99. The Morgan fingerprint density at radius 3 is 2.68 bits per heavy atom. The number of benzene rings is 1. The van der Waals surface area contributed by atoms with E-state index in [0.29, 0.717) is 4.88 Å². The first-order valence-electron chi connectivity index (χ1n) is 6.68. The van der Waals surface area contributed by atoms with Crippen LogP contribution in [0.5, 0.6) is 5.75 Å². The molecule has 0 fully saturated rings. The number of methoxy groups -OCH3 is 1. The maximum Gasteiger partial charge on any atom is 0.259 e. The minimum Gasteiger partial charge on any atom is -0.497 e. The highest BCUT2D eigenvalue weighted by atomic mass is 32.1. The van der Waals surface area contributed by atoms with Crippen molar-refractivity contribution in [1.82, 2.24) is 4.98 Å². The second-order valence-electron chi connectivity index (χ2n) is 4.67. The monoisotopic (exact) mass is 310 g/mol.